The van der Waals surface area contributed by atoms with E-state index in [0.29, 0.717) is 6.54 Å². The number of amides is 1. The molecular weight excluding hydrogens is 382 g/mol. The van der Waals surface area contributed by atoms with Gasteiger partial charge < -0.3 is 15.1 Å². The first-order valence-electron chi connectivity index (χ1n) is 9.97. The van der Waals surface area contributed by atoms with Gasteiger partial charge in [-0.1, -0.05) is 66.2 Å². The van der Waals surface area contributed by atoms with Gasteiger partial charge in [-0.2, -0.15) is 0 Å². The number of para-hydroxylation sites is 1. The van der Waals surface area contributed by atoms with Crippen LogP contribution >= 0.6 is 11.6 Å². The van der Waals surface area contributed by atoms with Crippen molar-refractivity contribution in [3.63, 3.8) is 0 Å². The fourth-order valence-corrected chi connectivity index (χ4v) is 4.00. The van der Waals surface area contributed by atoms with Crippen LogP contribution in [0.4, 0.5) is 11.4 Å². The van der Waals surface area contributed by atoms with Gasteiger partial charge >= 0.3 is 0 Å². The average Bonchev–Trinajstić information content (AvgIpc) is 2.75. The van der Waals surface area contributed by atoms with Crippen molar-refractivity contribution in [3.05, 3.63) is 83.9 Å². The lowest BCUT2D eigenvalue weighted by atomic mass is 10.0. The summed E-state index contributed by atoms with van der Waals surface area (Å²) in [7, 11) is 0. The number of nitrogens with zero attached hydrogens (tertiary/aromatic N) is 1. The lowest BCUT2D eigenvalue weighted by molar-refractivity contribution is -0.892. The summed E-state index contributed by atoms with van der Waals surface area (Å²) >= 11 is 6.11. The third-order valence-electron chi connectivity index (χ3n) is 5.34. The van der Waals surface area contributed by atoms with Crippen molar-refractivity contribution < 1.29 is 9.69 Å². The second kappa shape index (κ2) is 9.12. The number of hydrogen-bond acceptors (Lipinski definition) is 2. The molecular formula is C24H25ClN3O+. The molecule has 148 valence electrons. The van der Waals surface area contributed by atoms with Crippen LogP contribution < -0.4 is 15.1 Å². The molecule has 1 fully saturated rings. The van der Waals surface area contributed by atoms with E-state index in [-0.39, 0.29) is 5.91 Å². The number of anilines is 2. The smallest absolute Gasteiger partial charge is 0.279 e. The van der Waals surface area contributed by atoms with Crippen molar-refractivity contribution in [2.24, 2.45) is 0 Å². The van der Waals surface area contributed by atoms with Crippen LogP contribution in [0.1, 0.15) is 0 Å². The number of hydrogen-bond donors (Lipinski definition) is 2. The van der Waals surface area contributed by atoms with Crippen LogP contribution in [0.3, 0.4) is 0 Å². The number of carbonyl (C=O) groups excluding carboxylic acids is 1. The highest BCUT2D eigenvalue weighted by Crippen LogP contribution is 2.27. The molecule has 5 heteroatoms. The monoisotopic (exact) mass is 406 g/mol. The summed E-state index contributed by atoms with van der Waals surface area (Å²) in [6, 6.07) is 26.1. The summed E-state index contributed by atoms with van der Waals surface area (Å²) in [5, 5.41) is 3.87. The quantitative estimate of drug-likeness (QED) is 0.681. The number of quaternary nitrogens is 1. The SMILES string of the molecule is O=C(C[NH+]1CCN(c2cccc(Cl)c2)CC1)Nc1ccccc1-c1ccccc1. The molecule has 0 aliphatic carbocycles. The lowest BCUT2D eigenvalue weighted by Crippen LogP contribution is -3.15. The number of carbonyl (C=O) groups is 1. The predicted molar refractivity (Wildman–Crippen MR) is 120 cm³/mol. The van der Waals surface area contributed by atoms with E-state index in [1.165, 1.54) is 4.90 Å². The van der Waals surface area contributed by atoms with Gasteiger partial charge in [0, 0.05) is 22.0 Å². The van der Waals surface area contributed by atoms with Gasteiger partial charge in [0.05, 0.1) is 26.2 Å². The Hall–Kier alpha value is -2.82. The number of halogens is 1. The maximum atomic E-state index is 12.7. The van der Waals surface area contributed by atoms with Crippen molar-refractivity contribution in [3.8, 4) is 11.1 Å². The molecule has 0 spiro atoms. The van der Waals surface area contributed by atoms with Crippen molar-refractivity contribution >= 4 is 28.9 Å². The summed E-state index contributed by atoms with van der Waals surface area (Å²) in [5.41, 5.74) is 4.16. The summed E-state index contributed by atoms with van der Waals surface area (Å²) < 4.78 is 0. The van der Waals surface area contributed by atoms with E-state index in [2.05, 4.69) is 28.4 Å². The zero-order valence-electron chi connectivity index (χ0n) is 16.3. The third kappa shape index (κ3) is 4.97. The Labute approximate surface area is 176 Å². The minimum absolute atomic E-state index is 0.0552. The molecule has 4 nitrogen and oxygen atoms in total. The molecule has 29 heavy (non-hydrogen) atoms. The number of benzene rings is 3. The highest BCUT2D eigenvalue weighted by Gasteiger charge is 2.23. The van der Waals surface area contributed by atoms with E-state index in [9.17, 15) is 4.79 Å². The van der Waals surface area contributed by atoms with Crippen molar-refractivity contribution in [2.75, 3.05) is 42.9 Å². The Kier molecular flexibility index (Phi) is 6.13. The topological polar surface area (TPSA) is 36.8 Å². The van der Waals surface area contributed by atoms with Gasteiger partial charge in [-0.15, -0.1) is 0 Å². The number of piperazine rings is 1. The van der Waals surface area contributed by atoms with E-state index >= 15 is 0 Å². The van der Waals surface area contributed by atoms with E-state index in [1.807, 2.05) is 60.7 Å². The number of rotatable bonds is 5. The van der Waals surface area contributed by atoms with Gasteiger partial charge in [0.25, 0.3) is 5.91 Å². The Bertz CT molecular complexity index is 969. The molecule has 3 aromatic carbocycles. The first-order valence-corrected chi connectivity index (χ1v) is 10.4. The molecule has 0 unspecified atom stereocenters. The molecule has 0 aromatic heterocycles. The highest BCUT2D eigenvalue weighted by atomic mass is 35.5. The second-order valence-corrected chi connectivity index (χ2v) is 7.79. The van der Waals surface area contributed by atoms with Gasteiger partial charge in [0.1, 0.15) is 0 Å². The van der Waals surface area contributed by atoms with E-state index in [4.69, 9.17) is 11.6 Å². The van der Waals surface area contributed by atoms with Gasteiger partial charge in [-0.05, 0) is 29.8 Å². The van der Waals surface area contributed by atoms with Crippen LogP contribution in [0.2, 0.25) is 5.02 Å². The van der Waals surface area contributed by atoms with Crippen LogP contribution in [0.15, 0.2) is 78.9 Å². The van der Waals surface area contributed by atoms with Crippen LogP contribution in [0.5, 0.6) is 0 Å². The molecule has 1 saturated heterocycles. The van der Waals surface area contributed by atoms with Crippen molar-refractivity contribution in [1.82, 2.24) is 0 Å². The summed E-state index contributed by atoms with van der Waals surface area (Å²) in [4.78, 5) is 16.3. The first kappa shape index (κ1) is 19.5. The minimum Gasteiger partial charge on any atom is -0.360 e. The highest BCUT2D eigenvalue weighted by molar-refractivity contribution is 6.30. The fraction of sp³-hybridized carbons (Fsp3) is 0.208. The van der Waals surface area contributed by atoms with Gasteiger partial charge in [0.2, 0.25) is 0 Å². The molecule has 2 N–H and O–H groups in total. The molecule has 0 bridgehead atoms. The summed E-state index contributed by atoms with van der Waals surface area (Å²) in [6.07, 6.45) is 0. The second-order valence-electron chi connectivity index (χ2n) is 7.35. The van der Waals surface area contributed by atoms with Gasteiger partial charge in [-0.25, -0.2) is 0 Å². The minimum atomic E-state index is 0.0552. The summed E-state index contributed by atoms with van der Waals surface area (Å²) in [6.45, 7) is 4.18. The fourth-order valence-electron chi connectivity index (χ4n) is 3.81. The van der Waals surface area contributed by atoms with Crippen LogP contribution in [-0.2, 0) is 4.79 Å². The lowest BCUT2D eigenvalue weighted by Gasteiger charge is -2.33. The maximum absolute atomic E-state index is 12.7. The largest absolute Gasteiger partial charge is 0.360 e. The van der Waals surface area contributed by atoms with Crippen LogP contribution in [0.25, 0.3) is 11.1 Å². The maximum Gasteiger partial charge on any atom is 0.279 e. The van der Waals surface area contributed by atoms with Gasteiger partial charge in [0.15, 0.2) is 6.54 Å². The molecule has 3 aromatic rings. The Morgan fingerprint density at radius 1 is 0.931 bits per heavy atom. The zero-order valence-corrected chi connectivity index (χ0v) is 17.0. The molecule has 0 atom stereocenters. The molecule has 0 radical (unpaired) electrons. The third-order valence-corrected chi connectivity index (χ3v) is 5.58. The predicted octanol–water partition coefficient (Wildman–Crippen LogP) is 3.35. The van der Waals surface area contributed by atoms with Crippen molar-refractivity contribution in [2.45, 2.75) is 0 Å². The van der Waals surface area contributed by atoms with E-state index < -0.39 is 0 Å². The molecule has 1 heterocycles. The Morgan fingerprint density at radius 2 is 1.66 bits per heavy atom. The Balaban J connectivity index is 1.35. The summed E-state index contributed by atoms with van der Waals surface area (Å²) in [5.74, 6) is 0.0552. The molecule has 1 aliphatic heterocycles. The average molecular weight is 407 g/mol. The molecule has 0 saturated carbocycles. The van der Waals surface area contributed by atoms with E-state index in [1.54, 1.807) is 0 Å². The number of nitrogens with one attached hydrogen (secondary N) is 2. The Morgan fingerprint density at radius 3 is 2.41 bits per heavy atom. The zero-order chi connectivity index (χ0) is 20.1. The van der Waals surface area contributed by atoms with Crippen LogP contribution in [-0.4, -0.2) is 38.6 Å². The van der Waals surface area contributed by atoms with Crippen LogP contribution in [0, 0.1) is 0 Å². The van der Waals surface area contributed by atoms with Gasteiger partial charge in [-0.3, -0.25) is 4.79 Å². The molecule has 4 rings (SSSR count). The van der Waals surface area contributed by atoms with Crippen molar-refractivity contribution in [1.29, 1.82) is 0 Å². The van der Waals surface area contributed by atoms with E-state index in [0.717, 1.165) is 53.7 Å². The normalized spacial score (nSPS) is 14.6. The standard InChI is InChI=1S/C24H24ClN3O/c25-20-9-6-10-21(17-20)28-15-13-27(14-16-28)18-24(29)26-23-12-5-4-11-22(23)19-7-2-1-3-8-19/h1-12,17H,13-16,18H2,(H,26,29)/p+1. The molecule has 1 aliphatic rings. The first-order chi connectivity index (χ1) is 14.2. The molecule has 1 amide bonds.